The van der Waals surface area contributed by atoms with Crippen molar-refractivity contribution in [2.24, 2.45) is 0 Å². The lowest BCUT2D eigenvalue weighted by Crippen LogP contribution is -2.03. The van der Waals surface area contributed by atoms with Crippen molar-refractivity contribution in [3.63, 3.8) is 0 Å². The van der Waals surface area contributed by atoms with Gasteiger partial charge in [0.05, 0.1) is 17.3 Å². The van der Waals surface area contributed by atoms with Gasteiger partial charge in [-0.15, -0.1) is 0 Å². The summed E-state index contributed by atoms with van der Waals surface area (Å²) < 4.78 is 10.4. The van der Waals surface area contributed by atoms with Crippen LogP contribution in [-0.4, -0.2) is 30.6 Å². The Morgan fingerprint density at radius 3 is 2.79 bits per heavy atom. The van der Waals surface area contributed by atoms with Crippen LogP contribution in [0.4, 0.5) is 0 Å². The molecule has 0 aliphatic heterocycles. The third-order valence-electron chi connectivity index (χ3n) is 3.39. The number of ether oxygens (including phenoxy) is 2. The summed E-state index contributed by atoms with van der Waals surface area (Å²) in [5, 5.41) is 1.53. The van der Waals surface area contributed by atoms with Gasteiger partial charge in [0.2, 0.25) is 0 Å². The number of benzene rings is 1. The molecule has 0 radical (unpaired) electrons. The average molecular weight is 462 g/mol. The number of aromatic amines is 1. The Morgan fingerprint density at radius 1 is 1.38 bits per heavy atom. The molecule has 1 N–H and O–H groups in total. The predicted octanol–water partition coefficient (Wildman–Crippen LogP) is 4.26. The van der Waals surface area contributed by atoms with Gasteiger partial charge in [-0.1, -0.05) is 17.7 Å². The number of aromatic nitrogens is 1. The highest BCUT2D eigenvalue weighted by Crippen LogP contribution is 2.31. The molecule has 0 saturated heterocycles. The number of nitrogens with one attached hydrogen (secondary N) is 1. The van der Waals surface area contributed by atoms with Crippen LogP contribution in [0.3, 0.4) is 0 Å². The summed E-state index contributed by atoms with van der Waals surface area (Å²) in [6.07, 6.45) is 4.53. The Kier molecular flexibility index (Phi) is 6.68. The van der Waals surface area contributed by atoms with Crippen molar-refractivity contribution >= 4 is 57.0 Å². The molecule has 0 saturated carbocycles. The van der Waals surface area contributed by atoms with Crippen molar-refractivity contribution in [2.75, 3.05) is 13.7 Å². The van der Waals surface area contributed by atoms with Crippen LogP contribution in [0.15, 0.2) is 24.3 Å². The highest BCUT2D eigenvalue weighted by molar-refractivity contribution is 14.1. The van der Waals surface area contributed by atoms with Gasteiger partial charge in [0.25, 0.3) is 0 Å². The lowest BCUT2D eigenvalue weighted by atomic mass is 10.0. The van der Waals surface area contributed by atoms with Crippen LogP contribution in [0.25, 0.3) is 10.9 Å². The molecule has 7 heteroatoms. The summed E-state index contributed by atoms with van der Waals surface area (Å²) in [4.78, 5) is 26.2. The van der Waals surface area contributed by atoms with Crippen molar-refractivity contribution in [3.8, 4) is 0 Å². The lowest BCUT2D eigenvalue weighted by molar-refractivity contribution is -0.137. The highest BCUT2D eigenvalue weighted by Gasteiger charge is 2.19. The minimum Gasteiger partial charge on any atom is -0.464 e. The fourth-order valence-corrected chi connectivity index (χ4v) is 3.62. The SMILES string of the molecule is CCOC(=O)/C=C\CCc1cc(Cl)cc2[nH]c(C(=O)OC)c(I)c12. The zero-order valence-corrected chi connectivity index (χ0v) is 16.2. The van der Waals surface area contributed by atoms with Crippen LogP contribution in [0.1, 0.15) is 29.4 Å². The number of hydrogen-bond acceptors (Lipinski definition) is 4. The van der Waals surface area contributed by atoms with Gasteiger partial charge < -0.3 is 14.5 Å². The number of allylic oxidation sites excluding steroid dienone is 1. The Labute approximate surface area is 158 Å². The number of esters is 2. The molecular formula is C17H17ClINO4. The van der Waals surface area contributed by atoms with Crippen LogP contribution < -0.4 is 0 Å². The van der Waals surface area contributed by atoms with E-state index in [0.29, 0.717) is 30.2 Å². The quantitative estimate of drug-likeness (QED) is 0.396. The molecule has 2 aromatic rings. The minimum atomic E-state index is -0.417. The van der Waals surface area contributed by atoms with E-state index in [2.05, 4.69) is 27.6 Å². The van der Waals surface area contributed by atoms with E-state index in [0.717, 1.165) is 20.0 Å². The second-order valence-electron chi connectivity index (χ2n) is 4.99. The highest BCUT2D eigenvalue weighted by atomic mass is 127. The van der Waals surface area contributed by atoms with Crippen molar-refractivity contribution in [1.82, 2.24) is 4.98 Å². The fourth-order valence-electron chi connectivity index (χ4n) is 2.38. The lowest BCUT2D eigenvalue weighted by Gasteiger charge is -2.04. The first-order valence-corrected chi connectivity index (χ1v) is 8.84. The van der Waals surface area contributed by atoms with Gasteiger partial charge in [-0.2, -0.15) is 0 Å². The van der Waals surface area contributed by atoms with Crippen LogP contribution in [-0.2, 0) is 20.7 Å². The fraction of sp³-hybridized carbons (Fsp3) is 0.294. The van der Waals surface area contributed by atoms with E-state index < -0.39 is 5.97 Å². The molecule has 5 nitrogen and oxygen atoms in total. The van der Waals surface area contributed by atoms with Gasteiger partial charge in [0, 0.05) is 22.0 Å². The molecular weight excluding hydrogens is 445 g/mol. The van der Waals surface area contributed by atoms with Crippen molar-refractivity contribution in [1.29, 1.82) is 0 Å². The minimum absolute atomic E-state index is 0.349. The summed E-state index contributed by atoms with van der Waals surface area (Å²) in [5.74, 6) is -0.766. The van der Waals surface area contributed by atoms with Gasteiger partial charge in [-0.3, -0.25) is 0 Å². The van der Waals surface area contributed by atoms with E-state index in [9.17, 15) is 9.59 Å². The monoisotopic (exact) mass is 461 g/mol. The summed E-state index contributed by atoms with van der Waals surface area (Å²) >= 11 is 8.30. The van der Waals surface area contributed by atoms with Gasteiger partial charge in [-0.05, 0) is 60.1 Å². The number of rotatable bonds is 6. The third-order valence-corrected chi connectivity index (χ3v) is 4.69. The van der Waals surface area contributed by atoms with Gasteiger partial charge >= 0.3 is 11.9 Å². The summed E-state index contributed by atoms with van der Waals surface area (Å²) in [5.41, 5.74) is 2.21. The van der Waals surface area contributed by atoms with Gasteiger partial charge in [0.15, 0.2) is 0 Å². The molecule has 1 aromatic carbocycles. The average Bonchev–Trinajstić information content (AvgIpc) is 2.87. The topological polar surface area (TPSA) is 68.4 Å². The Bertz CT molecular complexity index is 797. The zero-order chi connectivity index (χ0) is 17.7. The molecule has 1 aromatic heterocycles. The molecule has 1 heterocycles. The van der Waals surface area contributed by atoms with Crippen molar-refractivity contribution in [2.45, 2.75) is 19.8 Å². The Hall–Kier alpha value is -1.54. The maximum absolute atomic E-state index is 11.8. The summed E-state index contributed by atoms with van der Waals surface area (Å²) in [6.45, 7) is 2.12. The molecule has 0 amide bonds. The maximum Gasteiger partial charge on any atom is 0.355 e. The van der Waals surface area contributed by atoms with Gasteiger partial charge in [0.1, 0.15) is 5.69 Å². The molecule has 0 bridgehead atoms. The second kappa shape index (κ2) is 8.53. The Morgan fingerprint density at radius 2 is 2.12 bits per heavy atom. The van der Waals surface area contributed by atoms with E-state index in [-0.39, 0.29) is 5.97 Å². The first-order chi connectivity index (χ1) is 11.5. The van der Waals surface area contributed by atoms with E-state index in [4.69, 9.17) is 21.1 Å². The standard InChI is InChI=1S/C17H17ClINO4/c1-3-24-13(21)7-5-4-6-10-8-11(18)9-12-14(10)15(19)16(20-12)17(22)23-2/h5,7-9,20H,3-4,6H2,1-2H3/b7-5-. The van der Waals surface area contributed by atoms with Gasteiger partial charge in [-0.25, -0.2) is 9.59 Å². The molecule has 0 aliphatic rings. The molecule has 0 spiro atoms. The first kappa shape index (κ1) is 18.8. The van der Waals surface area contributed by atoms with Crippen molar-refractivity contribution < 1.29 is 19.1 Å². The predicted molar refractivity (Wildman–Crippen MR) is 101 cm³/mol. The normalized spacial score (nSPS) is 11.2. The van der Waals surface area contributed by atoms with E-state index in [1.165, 1.54) is 13.2 Å². The summed E-state index contributed by atoms with van der Waals surface area (Å²) in [6, 6.07) is 3.66. The van der Waals surface area contributed by atoms with E-state index in [1.807, 2.05) is 6.07 Å². The largest absolute Gasteiger partial charge is 0.464 e. The number of methoxy groups -OCH3 is 1. The van der Waals surface area contributed by atoms with E-state index in [1.54, 1.807) is 19.1 Å². The zero-order valence-electron chi connectivity index (χ0n) is 13.3. The molecule has 128 valence electrons. The summed E-state index contributed by atoms with van der Waals surface area (Å²) in [7, 11) is 1.35. The van der Waals surface area contributed by atoms with E-state index >= 15 is 0 Å². The molecule has 2 rings (SSSR count). The maximum atomic E-state index is 11.8. The number of aryl methyl sites for hydroxylation is 1. The second-order valence-corrected chi connectivity index (χ2v) is 6.50. The molecule has 0 atom stereocenters. The van der Waals surface area contributed by atoms with Crippen LogP contribution in [0, 0.1) is 3.57 Å². The number of carbonyl (C=O) groups is 2. The molecule has 0 aliphatic carbocycles. The molecule has 24 heavy (non-hydrogen) atoms. The Balaban J connectivity index is 2.28. The number of H-pyrrole nitrogens is 1. The van der Waals surface area contributed by atoms with Crippen molar-refractivity contribution in [3.05, 3.63) is 44.1 Å². The van der Waals surface area contributed by atoms with Crippen LogP contribution in [0.5, 0.6) is 0 Å². The third kappa shape index (κ3) is 4.30. The first-order valence-electron chi connectivity index (χ1n) is 7.39. The number of hydrogen-bond donors (Lipinski definition) is 1. The van der Waals surface area contributed by atoms with Crippen LogP contribution in [0.2, 0.25) is 5.02 Å². The molecule has 0 fully saturated rings. The number of carbonyl (C=O) groups excluding carboxylic acids is 2. The smallest absolute Gasteiger partial charge is 0.355 e. The van der Waals surface area contributed by atoms with Crippen LogP contribution >= 0.6 is 34.2 Å². The number of halogens is 2. The number of fused-ring (bicyclic) bond motifs is 1. The molecule has 0 unspecified atom stereocenters.